The van der Waals surface area contributed by atoms with Crippen molar-refractivity contribution >= 4 is 28.9 Å². The quantitative estimate of drug-likeness (QED) is 0.493. The van der Waals surface area contributed by atoms with Crippen LogP contribution in [0.1, 0.15) is 46.1 Å². The number of rotatable bonds is 7. The Hall–Kier alpha value is -3.03. The van der Waals surface area contributed by atoms with Crippen molar-refractivity contribution in [1.82, 2.24) is 10.3 Å². The van der Waals surface area contributed by atoms with Crippen LogP contribution >= 0.6 is 0 Å². The molecule has 3 N–H and O–H groups in total. The van der Waals surface area contributed by atoms with Gasteiger partial charge in [0.05, 0.1) is 0 Å². The Bertz CT molecular complexity index is 865. The minimum Gasteiger partial charge on any atom is -0.480 e. The van der Waals surface area contributed by atoms with E-state index in [9.17, 15) is 19.5 Å². The summed E-state index contributed by atoms with van der Waals surface area (Å²) in [6.45, 7) is 6.98. The standard InChI is InChI=1S/C20H26N2O6/c1-5-6-17(23)27-13-7-8-15-14(10-13)12(11-21-15)9-16(18(24)25)22-19(26)28-20(2,3)4/h7-8,10-11,16,21H,5-6,9H2,1-4H3,(H,22,26)(H,24,25)/t16-/m0/s1. The number of H-pyrrole nitrogens is 1. The average Bonchev–Trinajstić information content (AvgIpc) is 2.95. The number of esters is 1. The maximum Gasteiger partial charge on any atom is 0.408 e. The van der Waals surface area contributed by atoms with Gasteiger partial charge in [-0.2, -0.15) is 0 Å². The lowest BCUT2D eigenvalue weighted by Gasteiger charge is -2.22. The second kappa shape index (κ2) is 8.77. The molecule has 0 spiro atoms. The molecule has 0 fully saturated rings. The van der Waals surface area contributed by atoms with E-state index in [2.05, 4.69) is 10.3 Å². The Morgan fingerprint density at radius 1 is 1.25 bits per heavy atom. The summed E-state index contributed by atoms with van der Waals surface area (Å²) in [4.78, 5) is 38.3. The Kier molecular flexibility index (Phi) is 6.66. The summed E-state index contributed by atoms with van der Waals surface area (Å²) in [6.07, 6.45) is 1.93. The largest absolute Gasteiger partial charge is 0.480 e. The zero-order valence-electron chi connectivity index (χ0n) is 16.5. The first-order valence-corrected chi connectivity index (χ1v) is 9.12. The number of carboxylic acids is 1. The normalized spacial score (nSPS) is 12.4. The average molecular weight is 390 g/mol. The van der Waals surface area contributed by atoms with Crippen molar-refractivity contribution in [3.63, 3.8) is 0 Å². The maximum atomic E-state index is 11.9. The van der Waals surface area contributed by atoms with Gasteiger partial charge in [0.1, 0.15) is 17.4 Å². The molecule has 1 amide bonds. The molecule has 1 heterocycles. The lowest BCUT2D eigenvalue weighted by atomic mass is 10.0. The number of amides is 1. The molecule has 0 radical (unpaired) electrons. The van der Waals surface area contributed by atoms with Gasteiger partial charge in [0.2, 0.25) is 0 Å². The molecule has 1 aromatic heterocycles. The molecule has 0 bridgehead atoms. The summed E-state index contributed by atoms with van der Waals surface area (Å²) < 4.78 is 10.4. The Balaban J connectivity index is 2.19. The second-order valence-corrected chi connectivity index (χ2v) is 7.49. The van der Waals surface area contributed by atoms with Gasteiger partial charge in [0.15, 0.2) is 0 Å². The van der Waals surface area contributed by atoms with Crippen LogP contribution in [0.4, 0.5) is 4.79 Å². The summed E-state index contributed by atoms with van der Waals surface area (Å²) in [5, 5.41) is 12.6. The lowest BCUT2D eigenvalue weighted by Crippen LogP contribution is -2.44. The van der Waals surface area contributed by atoms with Gasteiger partial charge in [-0.25, -0.2) is 9.59 Å². The maximum absolute atomic E-state index is 11.9. The Morgan fingerprint density at radius 2 is 1.96 bits per heavy atom. The lowest BCUT2D eigenvalue weighted by molar-refractivity contribution is -0.139. The van der Waals surface area contributed by atoms with Crippen LogP contribution in [0.3, 0.4) is 0 Å². The van der Waals surface area contributed by atoms with Crippen molar-refractivity contribution in [3.05, 3.63) is 30.0 Å². The third-order valence-corrected chi connectivity index (χ3v) is 3.84. The molecule has 0 saturated carbocycles. The molecule has 0 aliphatic carbocycles. The van der Waals surface area contributed by atoms with Gasteiger partial charge in [-0.05, 0) is 51.0 Å². The smallest absolute Gasteiger partial charge is 0.408 e. The highest BCUT2D eigenvalue weighted by Crippen LogP contribution is 2.25. The highest BCUT2D eigenvalue weighted by atomic mass is 16.6. The van der Waals surface area contributed by atoms with E-state index < -0.39 is 23.7 Å². The van der Waals surface area contributed by atoms with Crippen LogP contribution in [0.2, 0.25) is 0 Å². The molecule has 1 aromatic carbocycles. The molecule has 8 nitrogen and oxygen atoms in total. The number of aromatic amines is 1. The van der Waals surface area contributed by atoms with Crippen molar-refractivity contribution in [3.8, 4) is 5.75 Å². The van der Waals surface area contributed by atoms with Crippen molar-refractivity contribution in [1.29, 1.82) is 0 Å². The molecule has 152 valence electrons. The molecule has 0 saturated heterocycles. The van der Waals surface area contributed by atoms with Crippen LogP contribution in [-0.2, 0) is 20.7 Å². The number of hydrogen-bond donors (Lipinski definition) is 3. The molecule has 2 rings (SSSR count). The summed E-state index contributed by atoms with van der Waals surface area (Å²) in [5.41, 5.74) is 0.712. The fourth-order valence-corrected chi connectivity index (χ4v) is 2.65. The molecular formula is C20H26N2O6. The number of fused-ring (bicyclic) bond motifs is 1. The minimum atomic E-state index is -1.18. The van der Waals surface area contributed by atoms with Crippen LogP contribution in [0.15, 0.2) is 24.4 Å². The van der Waals surface area contributed by atoms with Gasteiger partial charge in [-0.1, -0.05) is 6.92 Å². The number of carbonyl (C=O) groups is 3. The predicted octanol–water partition coefficient (Wildman–Crippen LogP) is 3.39. The number of carbonyl (C=O) groups excluding carboxylic acids is 2. The van der Waals surface area contributed by atoms with Crippen molar-refractivity contribution in [2.75, 3.05) is 0 Å². The van der Waals surface area contributed by atoms with Crippen LogP contribution in [0.5, 0.6) is 5.75 Å². The van der Waals surface area contributed by atoms with E-state index in [-0.39, 0.29) is 12.4 Å². The van der Waals surface area contributed by atoms with E-state index >= 15 is 0 Å². The number of alkyl carbamates (subject to hydrolysis) is 1. The topological polar surface area (TPSA) is 118 Å². The van der Waals surface area contributed by atoms with Crippen LogP contribution < -0.4 is 10.1 Å². The highest BCUT2D eigenvalue weighted by Gasteiger charge is 2.25. The van der Waals surface area contributed by atoms with Crippen LogP contribution in [-0.4, -0.2) is 39.8 Å². The first-order valence-electron chi connectivity index (χ1n) is 9.12. The van der Waals surface area contributed by atoms with Gasteiger partial charge in [-0.3, -0.25) is 4.79 Å². The molecule has 0 unspecified atom stereocenters. The molecular weight excluding hydrogens is 364 g/mol. The monoisotopic (exact) mass is 390 g/mol. The Morgan fingerprint density at radius 3 is 2.57 bits per heavy atom. The summed E-state index contributed by atoms with van der Waals surface area (Å²) in [6, 6.07) is 3.94. The highest BCUT2D eigenvalue weighted by molar-refractivity contribution is 5.87. The third-order valence-electron chi connectivity index (χ3n) is 3.84. The Labute approximate surface area is 163 Å². The number of carboxylic acid groups (broad SMARTS) is 1. The number of benzene rings is 1. The minimum absolute atomic E-state index is 0.0426. The van der Waals surface area contributed by atoms with Gasteiger partial charge in [0, 0.05) is 29.9 Å². The van der Waals surface area contributed by atoms with Gasteiger partial charge < -0.3 is 24.9 Å². The van der Waals surface area contributed by atoms with Gasteiger partial charge in [-0.15, -0.1) is 0 Å². The molecule has 0 aliphatic heterocycles. The van der Waals surface area contributed by atoms with E-state index in [1.807, 2.05) is 6.92 Å². The third kappa shape index (κ3) is 6.00. The summed E-state index contributed by atoms with van der Waals surface area (Å²) in [7, 11) is 0. The number of nitrogens with one attached hydrogen (secondary N) is 2. The zero-order valence-corrected chi connectivity index (χ0v) is 16.5. The van der Waals surface area contributed by atoms with Gasteiger partial charge in [0.25, 0.3) is 0 Å². The van der Waals surface area contributed by atoms with Crippen LogP contribution in [0, 0.1) is 0 Å². The first kappa shape index (κ1) is 21.3. The molecule has 8 heteroatoms. The second-order valence-electron chi connectivity index (χ2n) is 7.49. The summed E-state index contributed by atoms with van der Waals surface area (Å²) in [5.74, 6) is -1.11. The molecule has 1 atom stereocenters. The van der Waals surface area contributed by atoms with E-state index in [0.29, 0.717) is 24.2 Å². The van der Waals surface area contributed by atoms with Crippen LogP contribution in [0.25, 0.3) is 10.9 Å². The van der Waals surface area contributed by atoms with E-state index in [4.69, 9.17) is 9.47 Å². The van der Waals surface area contributed by atoms with E-state index in [1.165, 1.54) is 0 Å². The van der Waals surface area contributed by atoms with Gasteiger partial charge >= 0.3 is 18.0 Å². The fourth-order valence-electron chi connectivity index (χ4n) is 2.65. The number of aromatic nitrogens is 1. The SMILES string of the molecule is CCCC(=O)Oc1ccc2[nH]cc(C[C@H](NC(=O)OC(C)(C)C)C(=O)O)c2c1. The first-order chi connectivity index (χ1) is 13.1. The van der Waals surface area contributed by atoms with E-state index in [0.717, 1.165) is 10.9 Å². The predicted molar refractivity (Wildman–Crippen MR) is 103 cm³/mol. The number of ether oxygens (including phenoxy) is 2. The fraction of sp³-hybridized carbons (Fsp3) is 0.450. The number of hydrogen-bond acceptors (Lipinski definition) is 5. The van der Waals surface area contributed by atoms with E-state index in [1.54, 1.807) is 45.2 Å². The summed E-state index contributed by atoms with van der Waals surface area (Å²) >= 11 is 0. The number of aliphatic carboxylic acids is 1. The van der Waals surface area contributed by atoms with Crippen molar-refractivity contribution < 1.29 is 29.0 Å². The molecule has 0 aliphatic rings. The molecule has 28 heavy (non-hydrogen) atoms. The van der Waals surface area contributed by atoms with Crippen molar-refractivity contribution in [2.45, 2.75) is 58.6 Å². The zero-order chi connectivity index (χ0) is 20.9. The molecule has 2 aromatic rings. The van der Waals surface area contributed by atoms with Crippen molar-refractivity contribution in [2.24, 2.45) is 0 Å².